The van der Waals surface area contributed by atoms with Crippen molar-refractivity contribution < 1.29 is 22.7 Å². The van der Waals surface area contributed by atoms with E-state index in [1.165, 1.54) is 18.2 Å². The van der Waals surface area contributed by atoms with Crippen LogP contribution in [0.2, 0.25) is 0 Å². The quantitative estimate of drug-likeness (QED) is 0.300. The molecule has 4 rings (SSSR count). The first-order valence-electron chi connectivity index (χ1n) is 10.2. The molecule has 3 aromatic rings. The molecule has 0 saturated carbocycles. The van der Waals surface area contributed by atoms with Crippen molar-refractivity contribution in [2.24, 2.45) is 0 Å². The molecular formula is C26H21NO5S. The average molecular weight is 460 g/mol. The Morgan fingerprint density at radius 2 is 1.48 bits per heavy atom. The van der Waals surface area contributed by atoms with Crippen LogP contribution in [-0.2, 0) is 26.0 Å². The van der Waals surface area contributed by atoms with Gasteiger partial charge in [0.1, 0.15) is 5.70 Å². The topological polar surface area (TPSA) is 80.8 Å². The van der Waals surface area contributed by atoms with Gasteiger partial charge >= 0.3 is 5.97 Å². The molecule has 6 nitrogen and oxygen atoms in total. The van der Waals surface area contributed by atoms with Crippen molar-refractivity contribution in [3.05, 3.63) is 120 Å². The van der Waals surface area contributed by atoms with Gasteiger partial charge in [0.05, 0.1) is 17.9 Å². The highest BCUT2D eigenvalue weighted by molar-refractivity contribution is 7.89. The van der Waals surface area contributed by atoms with Crippen molar-refractivity contribution in [3.63, 3.8) is 0 Å². The van der Waals surface area contributed by atoms with E-state index in [9.17, 15) is 18.0 Å². The summed E-state index contributed by atoms with van der Waals surface area (Å²) in [5, 5.41) is 0. The van der Waals surface area contributed by atoms with Crippen LogP contribution in [0.4, 0.5) is 0 Å². The molecule has 1 aliphatic rings. The first kappa shape index (κ1) is 22.2. The second-order valence-electron chi connectivity index (χ2n) is 7.33. The molecule has 3 aromatic carbocycles. The zero-order chi connectivity index (χ0) is 23.4. The predicted octanol–water partition coefficient (Wildman–Crippen LogP) is 4.21. The summed E-state index contributed by atoms with van der Waals surface area (Å²) in [4.78, 5) is 26.4. The summed E-state index contributed by atoms with van der Waals surface area (Å²) in [7, 11) is -4.08. The number of ketones is 1. The number of carbonyl (C=O) groups is 2. The molecule has 0 aliphatic carbocycles. The molecule has 0 amide bonds. The van der Waals surface area contributed by atoms with Crippen LogP contribution in [0.3, 0.4) is 0 Å². The minimum atomic E-state index is -4.08. The number of rotatable bonds is 7. The van der Waals surface area contributed by atoms with Gasteiger partial charge in [-0.15, -0.1) is 6.58 Å². The minimum Gasteiger partial charge on any atom is -0.423 e. The molecule has 0 unspecified atom stereocenters. The van der Waals surface area contributed by atoms with E-state index in [0.717, 1.165) is 9.87 Å². The predicted molar refractivity (Wildman–Crippen MR) is 124 cm³/mol. The summed E-state index contributed by atoms with van der Waals surface area (Å²) in [5.74, 6) is -1.27. The zero-order valence-electron chi connectivity index (χ0n) is 17.7. The number of benzene rings is 3. The molecule has 166 valence electrons. The van der Waals surface area contributed by atoms with Gasteiger partial charge in [0, 0.05) is 11.1 Å². The lowest BCUT2D eigenvalue weighted by Crippen LogP contribution is -2.39. The van der Waals surface area contributed by atoms with Gasteiger partial charge in [0.25, 0.3) is 10.0 Å². The van der Waals surface area contributed by atoms with Gasteiger partial charge in [-0.3, -0.25) is 13.9 Å². The fourth-order valence-electron chi connectivity index (χ4n) is 3.62. The smallest absolute Gasteiger partial charge is 0.315 e. The van der Waals surface area contributed by atoms with Crippen molar-refractivity contribution >= 4 is 27.5 Å². The second kappa shape index (κ2) is 9.26. The Kier molecular flexibility index (Phi) is 6.24. The third-order valence-corrected chi connectivity index (χ3v) is 6.94. The Hall–Kier alpha value is -3.97. The first-order chi connectivity index (χ1) is 15.9. The Bertz CT molecular complexity index is 1350. The second-order valence-corrected chi connectivity index (χ2v) is 9.16. The largest absolute Gasteiger partial charge is 0.423 e. The number of sulfonamides is 1. The summed E-state index contributed by atoms with van der Waals surface area (Å²) in [5.41, 5.74) is 0.950. The third kappa shape index (κ3) is 4.36. The maximum absolute atomic E-state index is 13.5. The lowest BCUT2D eigenvalue weighted by atomic mass is 10.0. The number of fused-ring (bicyclic) bond motifs is 1. The van der Waals surface area contributed by atoms with E-state index in [-0.39, 0.29) is 40.4 Å². The number of nitrogens with zero attached hydrogens (tertiary/aromatic N) is 1. The van der Waals surface area contributed by atoms with Crippen LogP contribution in [0.1, 0.15) is 21.5 Å². The summed E-state index contributed by atoms with van der Waals surface area (Å²) in [6.45, 7) is 3.47. The lowest BCUT2D eigenvalue weighted by Gasteiger charge is -2.32. The number of hydrogen-bond donors (Lipinski definition) is 0. The van der Waals surface area contributed by atoms with E-state index >= 15 is 0 Å². The van der Waals surface area contributed by atoms with Crippen LogP contribution < -0.4 is 0 Å². The number of allylic oxidation sites excluding steroid dienone is 1. The van der Waals surface area contributed by atoms with Crippen molar-refractivity contribution in [1.82, 2.24) is 4.31 Å². The van der Waals surface area contributed by atoms with E-state index in [0.29, 0.717) is 0 Å². The van der Waals surface area contributed by atoms with E-state index in [2.05, 4.69) is 6.58 Å². The monoisotopic (exact) mass is 459 g/mol. The van der Waals surface area contributed by atoms with Gasteiger partial charge in [0.15, 0.2) is 5.76 Å². The molecule has 7 heteroatoms. The SMILES string of the molecule is C=CCN1C(C(=O)c2ccccc2)=C(OC(=O)Cc2ccccc2)c2ccccc2S1(=O)=O. The van der Waals surface area contributed by atoms with Crippen LogP contribution in [0.5, 0.6) is 0 Å². The number of esters is 1. The molecule has 0 atom stereocenters. The fraction of sp³-hybridized carbons (Fsp3) is 0.0769. The van der Waals surface area contributed by atoms with E-state index < -0.39 is 21.8 Å². The van der Waals surface area contributed by atoms with Crippen LogP contribution >= 0.6 is 0 Å². The van der Waals surface area contributed by atoms with Crippen molar-refractivity contribution in [1.29, 1.82) is 0 Å². The van der Waals surface area contributed by atoms with Gasteiger partial charge in [-0.1, -0.05) is 78.9 Å². The summed E-state index contributed by atoms with van der Waals surface area (Å²) in [6.07, 6.45) is 1.35. The molecule has 0 radical (unpaired) electrons. The van der Waals surface area contributed by atoms with Crippen LogP contribution in [0, 0.1) is 0 Å². The molecule has 0 N–H and O–H groups in total. The Morgan fingerprint density at radius 3 is 2.15 bits per heavy atom. The maximum Gasteiger partial charge on any atom is 0.315 e. The van der Waals surface area contributed by atoms with Crippen molar-refractivity contribution in [3.8, 4) is 0 Å². The third-order valence-electron chi connectivity index (χ3n) is 5.12. The Labute approximate surface area is 192 Å². The standard InChI is InChI=1S/C26H21NO5S/c1-2-17-27-24(25(29)20-13-7-4-8-14-20)26(21-15-9-10-16-22(21)33(27,30)31)32-23(28)18-19-11-5-3-6-12-19/h2-16H,1,17-18H2. The molecule has 0 aromatic heterocycles. The first-order valence-corrected chi connectivity index (χ1v) is 11.7. The number of carbonyl (C=O) groups excluding carboxylic acids is 2. The Morgan fingerprint density at radius 1 is 0.879 bits per heavy atom. The number of ether oxygens (including phenoxy) is 1. The van der Waals surface area contributed by atoms with Crippen LogP contribution in [0.15, 0.2) is 108 Å². The number of hydrogen-bond acceptors (Lipinski definition) is 5. The maximum atomic E-state index is 13.5. The molecule has 1 aliphatic heterocycles. The molecule has 0 fully saturated rings. The summed E-state index contributed by atoms with van der Waals surface area (Å²) >= 11 is 0. The van der Waals surface area contributed by atoms with Crippen LogP contribution in [-0.4, -0.2) is 31.0 Å². The molecule has 0 bridgehead atoms. The Balaban J connectivity index is 1.89. The summed E-state index contributed by atoms with van der Waals surface area (Å²) < 4.78 is 33.5. The van der Waals surface area contributed by atoms with Gasteiger partial charge < -0.3 is 4.74 Å². The summed E-state index contributed by atoms with van der Waals surface area (Å²) in [6, 6.07) is 23.5. The van der Waals surface area contributed by atoms with Gasteiger partial charge in [-0.05, 0) is 17.7 Å². The molecule has 0 spiro atoms. The van der Waals surface area contributed by atoms with Gasteiger partial charge in [-0.2, -0.15) is 0 Å². The average Bonchev–Trinajstić information content (AvgIpc) is 2.83. The van der Waals surface area contributed by atoms with E-state index in [1.54, 1.807) is 66.7 Å². The van der Waals surface area contributed by atoms with Gasteiger partial charge in [-0.25, -0.2) is 8.42 Å². The molecule has 0 saturated heterocycles. The van der Waals surface area contributed by atoms with Crippen molar-refractivity contribution in [2.75, 3.05) is 6.54 Å². The number of Topliss-reactive ketones (excluding diaryl/α,β-unsaturated/α-hetero) is 1. The van der Waals surface area contributed by atoms with Gasteiger partial charge in [0.2, 0.25) is 5.78 Å². The lowest BCUT2D eigenvalue weighted by molar-refractivity contribution is -0.136. The molecule has 1 heterocycles. The highest BCUT2D eigenvalue weighted by atomic mass is 32.2. The fourth-order valence-corrected chi connectivity index (χ4v) is 5.26. The normalized spacial score (nSPS) is 14.4. The molecular weight excluding hydrogens is 438 g/mol. The highest BCUT2D eigenvalue weighted by Crippen LogP contribution is 2.38. The van der Waals surface area contributed by atoms with E-state index in [1.807, 2.05) is 6.07 Å². The highest BCUT2D eigenvalue weighted by Gasteiger charge is 2.41. The zero-order valence-corrected chi connectivity index (χ0v) is 18.5. The van der Waals surface area contributed by atoms with E-state index in [4.69, 9.17) is 4.74 Å². The minimum absolute atomic E-state index is 0.0342. The van der Waals surface area contributed by atoms with Crippen molar-refractivity contribution in [2.45, 2.75) is 11.3 Å². The van der Waals surface area contributed by atoms with Crippen LogP contribution in [0.25, 0.3) is 5.76 Å². The molecule has 33 heavy (non-hydrogen) atoms.